The summed E-state index contributed by atoms with van der Waals surface area (Å²) in [7, 11) is 1.76. The van der Waals surface area contributed by atoms with Crippen molar-refractivity contribution < 1.29 is 9.59 Å². The minimum absolute atomic E-state index is 0.0168. The van der Waals surface area contributed by atoms with Crippen LogP contribution in [0, 0.1) is 23.7 Å². The maximum absolute atomic E-state index is 13.1. The van der Waals surface area contributed by atoms with E-state index in [2.05, 4.69) is 35.3 Å². The van der Waals surface area contributed by atoms with Gasteiger partial charge in [0.05, 0.1) is 13.1 Å². The summed E-state index contributed by atoms with van der Waals surface area (Å²) < 4.78 is 1.99. The normalized spacial score (nSPS) is 18.7. The van der Waals surface area contributed by atoms with Gasteiger partial charge in [-0.1, -0.05) is 18.4 Å². The van der Waals surface area contributed by atoms with Gasteiger partial charge in [0, 0.05) is 43.3 Å². The molecule has 2 atom stereocenters. The number of amides is 2. The third-order valence-corrected chi connectivity index (χ3v) is 7.93. The zero-order valence-electron chi connectivity index (χ0n) is 22.3. The Hall–Kier alpha value is -3.86. The van der Waals surface area contributed by atoms with Crippen LogP contribution in [0.5, 0.6) is 0 Å². The number of likely N-dealkylation sites (tertiary alicyclic amines) is 1. The van der Waals surface area contributed by atoms with E-state index in [0.717, 1.165) is 29.9 Å². The van der Waals surface area contributed by atoms with E-state index in [1.807, 2.05) is 30.3 Å². The summed E-state index contributed by atoms with van der Waals surface area (Å²) >= 11 is 1.05. The largest absolute Gasteiger partial charge is 0.360 e. The Bertz CT molecular complexity index is 1430. The van der Waals surface area contributed by atoms with E-state index < -0.39 is 5.91 Å². The molecule has 1 fully saturated rings. The highest BCUT2D eigenvalue weighted by atomic mass is 32.1. The smallest absolute Gasteiger partial charge is 0.270 e. The number of nitrogens with one attached hydrogen (secondary N) is 2. The number of carbonyl (C=O) groups is 2. The first-order chi connectivity index (χ1) is 18.2. The monoisotopic (exact) mass is 534 g/mol. The molecule has 0 radical (unpaired) electrons. The second-order valence-corrected chi connectivity index (χ2v) is 10.3. The van der Waals surface area contributed by atoms with E-state index in [9.17, 15) is 19.6 Å². The van der Waals surface area contributed by atoms with E-state index in [0.29, 0.717) is 35.4 Å². The van der Waals surface area contributed by atoms with Gasteiger partial charge in [0.1, 0.15) is 15.3 Å². The molecule has 0 bridgehead atoms. The molecule has 1 aliphatic heterocycles. The van der Waals surface area contributed by atoms with Crippen LogP contribution in [0.25, 0.3) is 11.8 Å². The molecule has 1 aliphatic rings. The van der Waals surface area contributed by atoms with Gasteiger partial charge in [-0.15, -0.1) is 17.8 Å². The molecular weight excluding hydrogens is 500 g/mol. The number of nitrogens with zero attached hydrogens (tertiary/aromatic N) is 4. The molecule has 0 spiro atoms. The van der Waals surface area contributed by atoms with Gasteiger partial charge >= 0.3 is 0 Å². The fraction of sp³-hybridized carbons (Fsp3) is 0.429. The zero-order chi connectivity index (χ0) is 27.8. The summed E-state index contributed by atoms with van der Waals surface area (Å²) in [5, 5.41) is 15.2. The van der Waals surface area contributed by atoms with E-state index in [4.69, 9.17) is 6.42 Å². The first-order valence-electron chi connectivity index (χ1n) is 12.7. The quantitative estimate of drug-likeness (QED) is 0.496. The lowest BCUT2D eigenvalue weighted by Crippen LogP contribution is -2.49. The van der Waals surface area contributed by atoms with Crippen LogP contribution in [-0.4, -0.2) is 53.5 Å². The Labute approximate surface area is 227 Å². The summed E-state index contributed by atoms with van der Waals surface area (Å²) in [6.45, 7) is 6.76. The SMILES string of the molecule is C#CCNC(=O)C(C#N)=c1sc(=CNc2cccc(N(C)C(=O)CN3C(C)CCCC3C)c2)c(=O)n1CC. The average molecular weight is 535 g/mol. The van der Waals surface area contributed by atoms with Gasteiger partial charge in [-0.2, -0.15) is 5.26 Å². The summed E-state index contributed by atoms with van der Waals surface area (Å²) in [6.07, 6.45) is 10.1. The summed E-state index contributed by atoms with van der Waals surface area (Å²) in [5.74, 6) is 1.69. The maximum atomic E-state index is 13.1. The van der Waals surface area contributed by atoms with Crippen molar-refractivity contribution >= 4 is 46.3 Å². The molecule has 2 aromatic rings. The number of carbonyl (C=O) groups excluding carboxylic acids is 2. The van der Waals surface area contributed by atoms with Crippen LogP contribution >= 0.6 is 11.3 Å². The van der Waals surface area contributed by atoms with Crippen LogP contribution in [0.1, 0.15) is 40.0 Å². The Balaban J connectivity index is 1.85. The van der Waals surface area contributed by atoms with Gasteiger partial charge < -0.3 is 15.5 Å². The predicted octanol–water partition coefficient (Wildman–Crippen LogP) is 1.43. The molecule has 2 amide bonds. The zero-order valence-corrected chi connectivity index (χ0v) is 23.1. The van der Waals surface area contributed by atoms with Crippen LogP contribution in [-0.2, 0) is 16.1 Å². The molecule has 1 aromatic carbocycles. The summed E-state index contributed by atoms with van der Waals surface area (Å²) in [6, 6.07) is 10.0. The molecule has 200 valence electrons. The summed E-state index contributed by atoms with van der Waals surface area (Å²) in [5.41, 5.74) is 0.943. The lowest BCUT2D eigenvalue weighted by molar-refractivity contribution is -0.121. The van der Waals surface area contributed by atoms with Gasteiger partial charge in [-0.05, 0) is 51.8 Å². The highest BCUT2D eigenvalue weighted by molar-refractivity contribution is 7.07. The second-order valence-electron chi connectivity index (χ2n) is 9.29. The van der Waals surface area contributed by atoms with Crippen LogP contribution in [0.3, 0.4) is 0 Å². The van der Waals surface area contributed by atoms with Gasteiger partial charge in [-0.25, -0.2) is 0 Å². The van der Waals surface area contributed by atoms with Crippen LogP contribution < -0.4 is 30.3 Å². The van der Waals surface area contributed by atoms with E-state index in [1.165, 1.54) is 11.0 Å². The molecule has 1 saturated heterocycles. The summed E-state index contributed by atoms with van der Waals surface area (Å²) in [4.78, 5) is 42.3. The number of rotatable bonds is 8. The maximum Gasteiger partial charge on any atom is 0.270 e. The number of piperidine rings is 1. The third-order valence-electron chi connectivity index (χ3n) is 6.80. The molecule has 2 N–H and O–H groups in total. The molecule has 9 nitrogen and oxygen atoms in total. The van der Waals surface area contributed by atoms with Crippen molar-refractivity contribution in [3.63, 3.8) is 0 Å². The standard InChI is InChI=1S/C28H34N6O3S/c1-6-14-30-26(36)23(16-29)28-33(7-2)27(37)24(38-28)17-31-21-12-9-13-22(15-21)32(5)25(35)18-34-19(3)10-8-11-20(34)4/h1,9,12-13,15,17,19-20,31H,7-8,10-11,14,18H2,2-5H3,(H,30,36). The fourth-order valence-corrected chi connectivity index (χ4v) is 5.64. The molecule has 2 heterocycles. The molecule has 0 saturated carbocycles. The van der Waals surface area contributed by atoms with Crippen LogP contribution in [0.15, 0.2) is 29.1 Å². The molecule has 2 unspecified atom stereocenters. The third kappa shape index (κ3) is 6.52. The Morgan fingerprint density at radius 1 is 1.29 bits per heavy atom. The molecule has 0 aliphatic carbocycles. The Morgan fingerprint density at radius 3 is 2.63 bits per heavy atom. The van der Waals surface area contributed by atoms with Crippen LogP contribution in [0.2, 0.25) is 0 Å². The van der Waals surface area contributed by atoms with Crippen molar-refractivity contribution in [2.24, 2.45) is 0 Å². The second kappa shape index (κ2) is 13.1. The lowest BCUT2D eigenvalue weighted by atomic mass is 9.97. The molecular formula is C28H34N6O3S. The molecule has 1 aromatic heterocycles. The van der Waals surface area contributed by atoms with E-state index >= 15 is 0 Å². The van der Waals surface area contributed by atoms with Gasteiger partial charge in [0.25, 0.3) is 11.5 Å². The Kier molecular flexibility index (Phi) is 9.89. The van der Waals surface area contributed by atoms with Crippen LogP contribution in [0.4, 0.5) is 11.4 Å². The Morgan fingerprint density at radius 2 is 2.00 bits per heavy atom. The number of anilines is 2. The van der Waals surface area contributed by atoms with Crippen molar-refractivity contribution in [1.29, 1.82) is 5.26 Å². The first kappa shape index (κ1) is 28.7. The highest BCUT2D eigenvalue weighted by Gasteiger charge is 2.27. The predicted molar refractivity (Wildman–Crippen MR) is 152 cm³/mol. The van der Waals surface area contributed by atoms with Gasteiger partial charge in [0.2, 0.25) is 5.91 Å². The van der Waals surface area contributed by atoms with Crippen molar-refractivity contribution in [2.45, 2.75) is 58.7 Å². The minimum atomic E-state index is -0.623. The fourth-order valence-electron chi connectivity index (χ4n) is 4.55. The van der Waals surface area contributed by atoms with E-state index in [1.54, 1.807) is 25.1 Å². The number of terminal acetylenes is 1. The van der Waals surface area contributed by atoms with Gasteiger partial charge in [-0.3, -0.25) is 23.9 Å². The number of nitriles is 1. The van der Waals surface area contributed by atoms with Crippen molar-refractivity contribution in [2.75, 3.05) is 30.4 Å². The number of likely N-dealkylation sites (N-methyl/N-ethyl adjacent to an activating group) is 1. The van der Waals surface area contributed by atoms with Crippen molar-refractivity contribution in [3.8, 4) is 18.4 Å². The number of thiazole rings is 1. The number of benzene rings is 1. The molecule has 3 rings (SSSR count). The number of hydrogen-bond acceptors (Lipinski definition) is 7. The highest BCUT2D eigenvalue weighted by Crippen LogP contribution is 2.23. The average Bonchev–Trinajstić information content (AvgIpc) is 3.22. The van der Waals surface area contributed by atoms with Crippen molar-refractivity contribution in [1.82, 2.24) is 14.8 Å². The molecule has 10 heteroatoms. The van der Waals surface area contributed by atoms with Crippen molar-refractivity contribution in [3.05, 3.63) is 43.8 Å². The number of aromatic nitrogens is 1. The van der Waals surface area contributed by atoms with Gasteiger partial charge in [0.15, 0.2) is 5.57 Å². The topological polar surface area (TPSA) is 110 Å². The molecule has 38 heavy (non-hydrogen) atoms. The minimum Gasteiger partial charge on any atom is -0.360 e. The number of hydrogen-bond donors (Lipinski definition) is 2. The van der Waals surface area contributed by atoms with E-state index in [-0.39, 0.29) is 28.2 Å². The lowest BCUT2D eigenvalue weighted by Gasteiger charge is -2.39. The first-order valence-corrected chi connectivity index (χ1v) is 13.5.